The lowest BCUT2D eigenvalue weighted by atomic mass is 9.85. The molecule has 3 aromatic carbocycles. The first-order chi connectivity index (χ1) is 17.5. The summed E-state index contributed by atoms with van der Waals surface area (Å²) in [5.74, 6) is 0. The van der Waals surface area contributed by atoms with Gasteiger partial charge in [-0.2, -0.15) is 5.26 Å². The standard InChI is InChI=1S/C34H36N2S/c1-32(2,3)24-12-14-30-27(20-24)28-21-25(33(4,5)6)13-15-31(28)36(30)29-11-9-8-10-26(29)23-16-18-34(22-35,37-7)19-17-23/h8-18,20-21H,19H2,1-7H3. The lowest BCUT2D eigenvalue weighted by Crippen LogP contribution is -2.19. The Morgan fingerprint density at radius 1 is 0.838 bits per heavy atom. The lowest BCUT2D eigenvalue weighted by Gasteiger charge is -2.24. The quantitative estimate of drug-likeness (QED) is 0.278. The van der Waals surface area contributed by atoms with Crippen molar-refractivity contribution in [3.63, 3.8) is 0 Å². The molecule has 0 bridgehead atoms. The molecule has 1 aliphatic rings. The number of aromatic nitrogens is 1. The minimum Gasteiger partial charge on any atom is -0.309 e. The molecule has 1 aromatic heterocycles. The average Bonchev–Trinajstić information content (AvgIpc) is 3.21. The molecular weight excluding hydrogens is 468 g/mol. The molecule has 0 spiro atoms. The van der Waals surface area contributed by atoms with E-state index >= 15 is 0 Å². The normalized spacial score (nSPS) is 18.3. The van der Waals surface area contributed by atoms with Crippen molar-refractivity contribution in [3.05, 3.63) is 95.6 Å². The van der Waals surface area contributed by atoms with Crippen molar-refractivity contribution in [2.45, 2.75) is 63.5 Å². The van der Waals surface area contributed by atoms with Crippen LogP contribution in [-0.2, 0) is 10.8 Å². The first kappa shape index (κ1) is 25.4. The molecule has 1 heterocycles. The van der Waals surface area contributed by atoms with Gasteiger partial charge in [-0.15, -0.1) is 11.8 Å². The summed E-state index contributed by atoms with van der Waals surface area (Å²) >= 11 is 1.60. The molecule has 0 aliphatic heterocycles. The smallest absolute Gasteiger partial charge is 0.124 e. The zero-order valence-electron chi connectivity index (χ0n) is 23.0. The second kappa shape index (κ2) is 8.96. The van der Waals surface area contributed by atoms with Crippen molar-refractivity contribution in [2.24, 2.45) is 0 Å². The van der Waals surface area contributed by atoms with Crippen LogP contribution in [0.25, 0.3) is 33.1 Å². The fourth-order valence-corrected chi connectivity index (χ4v) is 5.78. The van der Waals surface area contributed by atoms with Crippen LogP contribution in [0.1, 0.15) is 64.7 Å². The Morgan fingerprint density at radius 2 is 1.41 bits per heavy atom. The van der Waals surface area contributed by atoms with E-state index in [-0.39, 0.29) is 10.8 Å². The molecule has 0 radical (unpaired) electrons. The maximum Gasteiger partial charge on any atom is 0.124 e. The van der Waals surface area contributed by atoms with Crippen molar-refractivity contribution in [3.8, 4) is 11.8 Å². The Kier molecular flexibility index (Phi) is 6.16. The Labute approximate surface area is 225 Å². The van der Waals surface area contributed by atoms with Crippen molar-refractivity contribution in [2.75, 3.05) is 6.26 Å². The summed E-state index contributed by atoms with van der Waals surface area (Å²) in [4.78, 5) is 0. The van der Waals surface area contributed by atoms with Crippen LogP contribution >= 0.6 is 11.8 Å². The molecule has 188 valence electrons. The molecule has 0 saturated heterocycles. The Bertz CT molecular complexity index is 1540. The van der Waals surface area contributed by atoms with E-state index in [1.54, 1.807) is 11.8 Å². The lowest BCUT2D eigenvalue weighted by molar-refractivity contribution is 0.590. The second-order valence-electron chi connectivity index (χ2n) is 12.2. The molecule has 5 rings (SSSR count). The predicted molar refractivity (Wildman–Crippen MR) is 162 cm³/mol. The van der Waals surface area contributed by atoms with Gasteiger partial charge in [0.1, 0.15) is 4.75 Å². The van der Waals surface area contributed by atoms with Gasteiger partial charge in [0.2, 0.25) is 0 Å². The van der Waals surface area contributed by atoms with Crippen LogP contribution in [0.3, 0.4) is 0 Å². The molecule has 0 N–H and O–H groups in total. The van der Waals surface area contributed by atoms with E-state index in [1.807, 2.05) is 6.26 Å². The summed E-state index contributed by atoms with van der Waals surface area (Å²) in [7, 11) is 0. The highest BCUT2D eigenvalue weighted by Crippen LogP contribution is 2.41. The molecule has 0 amide bonds. The highest BCUT2D eigenvalue weighted by Gasteiger charge is 2.28. The summed E-state index contributed by atoms with van der Waals surface area (Å²) in [5.41, 5.74) is 8.80. The predicted octanol–water partition coefficient (Wildman–Crippen LogP) is 9.35. The van der Waals surface area contributed by atoms with Crippen molar-refractivity contribution in [1.29, 1.82) is 5.26 Å². The zero-order valence-corrected chi connectivity index (χ0v) is 23.8. The van der Waals surface area contributed by atoms with Gasteiger partial charge in [0.25, 0.3) is 0 Å². The van der Waals surface area contributed by atoms with E-state index in [0.717, 1.165) is 0 Å². The maximum absolute atomic E-state index is 9.74. The summed E-state index contributed by atoms with van der Waals surface area (Å²) in [5, 5.41) is 12.3. The van der Waals surface area contributed by atoms with E-state index in [1.165, 1.54) is 49.8 Å². The number of benzene rings is 3. The topological polar surface area (TPSA) is 28.7 Å². The van der Waals surface area contributed by atoms with Crippen LogP contribution in [-0.4, -0.2) is 15.6 Å². The van der Waals surface area contributed by atoms with Crippen LogP contribution in [0, 0.1) is 11.3 Å². The molecule has 1 atom stereocenters. The van der Waals surface area contributed by atoms with Gasteiger partial charge in [-0.1, -0.05) is 90.1 Å². The van der Waals surface area contributed by atoms with Gasteiger partial charge in [0, 0.05) is 16.3 Å². The third kappa shape index (κ3) is 4.42. The van der Waals surface area contributed by atoms with Gasteiger partial charge in [-0.05, 0) is 70.5 Å². The molecule has 4 aromatic rings. The zero-order chi connectivity index (χ0) is 26.6. The van der Waals surface area contributed by atoms with Crippen LogP contribution in [0.4, 0.5) is 0 Å². The first-order valence-electron chi connectivity index (χ1n) is 13.0. The first-order valence-corrected chi connectivity index (χ1v) is 14.2. The number of thioether (sulfide) groups is 1. The molecule has 2 nitrogen and oxygen atoms in total. The van der Waals surface area contributed by atoms with Crippen LogP contribution in [0.2, 0.25) is 0 Å². The molecule has 1 unspecified atom stereocenters. The highest BCUT2D eigenvalue weighted by molar-refractivity contribution is 8.00. The van der Waals surface area contributed by atoms with E-state index in [2.05, 4.69) is 131 Å². The Morgan fingerprint density at radius 3 is 1.86 bits per heavy atom. The van der Waals surface area contributed by atoms with Gasteiger partial charge in [-0.3, -0.25) is 0 Å². The van der Waals surface area contributed by atoms with Crippen LogP contribution in [0.15, 0.2) is 78.9 Å². The molecular formula is C34H36N2S. The van der Waals surface area contributed by atoms with Crippen LogP contribution < -0.4 is 0 Å². The number of nitrogens with zero attached hydrogens (tertiary/aromatic N) is 2. The number of rotatable bonds is 3. The largest absolute Gasteiger partial charge is 0.309 e. The van der Waals surface area contributed by atoms with E-state index in [4.69, 9.17) is 0 Å². The van der Waals surface area contributed by atoms with Gasteiger partial charge in [-0.25, -0.2) is 0 Å². The third-order valence-electron chi connectivity index (χ3n) is 7.66. The molecule has 0 fully saturated rings. The minimum atomic E-state index is -0.474. The summed E-state index contributed by atoms with van der Waals surface area (Å²) in [6.45, 7) is 13.7. The molecule has 1 aliphatic carbocycles. The average molecular weight is 505 g/mol. The van der Waals surface area contributed by atoms with Gasteiger partial charge < -0.3 is 4.57 Å². The Hall–Kier alpha value is -3.22. The van der Waals surface area contributed by atoms with Gasteiger partial charge >= 0.3 is 0 Å². The fraction of sp³-hybridized carbons (Fsp3) is 0.324. The van der Waals surface area contributed by atoms with E-state index in [9.17, 15) is 5.26 Å². The number of para-hydroxylation sites is 1. The minimum absolute atomic E-state index is 0.0738. The molecule has 37 heavy (non-hydrogen) atoms. The number of hydrogen-bond donors (Lipinski definition) is 0. The summed E-state index contributed by atoms with van der Waals surface area (Å²) < 4.78 is 1.95. The van der Waals surface area contributed by atoms with Gasteiger partial charge in [0.05, 0.1) is 22.8 Å². The summed E-state index contributed by atoms with van der Waals surface area (Å²) in [6, 6.07) is 25.1. The SMILES string of the molecule is CSC1(C#N)C=CC(c2ccccc2-n2c3ccc(C(C)(C)C)cc3c3cc(C(C)(C)C)ccc32)=CC1. The second-order valence-corrected chi connectivity index (χ2v) is 13.4. The van der Waals surface area contributed by atoms with E-state index < -0.39 is 4.75 Å². The monoisotopic (exact) mass is 504 g/mol. The number of hydrogen-bond acceptors (Lipinski definition) is 2. The number of allylic oxidation sites excluding steroid dienone is 3. The van der Waals surface area contributed by atoms with Crippen molar-refractivity contribution < 1.29 is 0 Å². The van der Waals surface area contributed by atoms with E-state index in [0.29, 0.717) is 6.42 Å². The Balaban J connectivity index is 1.79. The fourth-order valence-electron chi connectivity index (χ4n) is 5.23. The highest BCUT2D eigenvalue weighted by atomic mass is 32.2. The van der Waals surface area contributed by atoms with Crippen molar-refractivity contribution >= 4 is 39.1 Å². The van der Waals surface area contributed by atoms with Crippen LogP contribution in [0.5, 0.6) is 0 Å². The molecule has 3 heteroatoms. The number of fused-ring (bicyclic) bond motifs is 3. The third-order valence-corrected chi connectivity index (χ3v) is 8.79. The molecule has 0 saturated carbocycles. The number of nitriles is 1. The van der Waals surface area contributed by atoms with Gasteiger partial charge in [0.15, 0.2) is 0 Å². The maximum atomic E-state index is 9.74. The summed E-state index contributed by atoms with van der Waals surface area (Å²) in [6.07, 6.45) is 9.14. The van der Waals surface area contributed by atoms with Crippen molar-refractivity contribution in [1.82, 2.24) is 4.57 Å².